The molecule has 20 heavy (non-hydrogen) atoms. The fourth-order valence-electron chi connectivity index (χ4n) is 1.72. The van der Waals surface area contributed by atoms with E-state index in [-0.39, 0.29) is 22.7 Å². The fraction of sp³-hybridized carbons (Fsp3) is 0.400. The predicted molar refractivity (Wildman–Crippen MR) is 70.2 cm³/mol. The number of anilines is 1. The van der Waals surface area contributed by atoms with Crippen LogP contribution in [0.15, 0.2) is 9.91 Å². The number of hydrogen-bond acceptors (Lipinski definition) is 5. The van der Waals surface area contributed by atoms with Crippen molar-refractivity contribution in [3.8, 4) is 0 Å². The van der Waals surface area contributed by atoms with E-state index < -0.39 is 16.9 Å². The lowest BCUT2D eigenvalue weighted by atomic mass is 9.93. The van der Waals surface area contributed by atoms with E-state index in [1.165, 1.54) is 0 Å². The third-order valence-electron chi connectivity index (χ3n) is 2.65. The number of nitrogen functional groups attached to an aromatic ring is 1. The Hall–Kier alpha value is -2.87. The zero-order chi connectivity index (χ0) is 15.1. The first kappa shape index (κ1) is 13.6. The molecule has 0 bridgehead atoms. The van der Waals surface area contributed by atoms with Crippen LogP contribution in [0.3, 0.4) is 0 Å². The van der Waals surface area contributed by atoms with Crippen molar-refractivity contribution >= 4 is 17.4 Å². The number of nitrogens with one attached hydrogen (secondary N) is 1. The Kier molecular flexibility index (Phi) is 2.95. The molecule has 3 N–H and O–H groups in total. The maximum atomic E-state index is 12.3. The highest BCUT2D eigenvalue weighted by atomic mass is 16.2. The highest BCUT2D eigenvalue weighted by Gasteiger charge is 2.25. The van der Waals surface area contributed by atoms with Crippen molar-refractivity contribution in [3.05, 3.63) is 32.1 Å². The van der Waals surface area contributed by atoms with Crippen molar-refractivity contribution in [2.75, 3.05) is 5.73 Å². The standard InChI is InChI=1S/C10H12N8O2/c1-10(2,3)5-9(20)18-7(14-13-5)4(6(11)16-18)8(19)15-17-12/h16H,11H2,1-3H3. The van der Waals surface area contributed by atoms with Crippen molar-refractivity contribution in [2.45, 2.75) is 26.2 Å². The summed E-state index contributed by atoms with van der Waals surface area (Å²) < 4.78 is 1.02. The van der Waals surface area contributed by atoms with Crippen LogP contribution < -0.4 is 11.3 Å². The quantitative estimate of drug-likeness (QED) is 0.446. The van der Waals surface area contributed by atoms with Gasteiger partial charge in [0.1, 0.15) is 17.1 Å². The molecule has 0 aliphatic carbocycles. The Morgan fingerprint density at radius 1 is 1.45 bits per heavy atom. The van der Waals surface area contributed by atoms with Crippen LogP contribution in [0.5, 0.6) is 0 Å². The van der Waals surface area contributed by atoms with Crippen LogP contribution in [-0.2, 0) is 5.41 Å². The van der Waals surface area contributed by atoms with Crippen LogP contribution in [0.2, 0.25) is 0 Å². The van der Waals surface area contributed by atoms with Gasteiger partial charge >= 0.3 is 0 Å². The molecule has 10 heteroatoms. The SMILES string of the molecule is CC(C)(C)c1nnc2c(C(=O)N=[N+]=[N-])c(N)[nH]n2c1=O. The highest BCUT2D eigenvalue weighted by molar-refractivity contribution is 6.04. The number of rotatable bonds is 1. The molecule has 1 amide bonds. The number of carbonyl (C=O) groups excluding carboxylic acids is 1. The van der Waals surface area contributed by atoms with E-state index in [9.17, 15) is 9.59 Å². The summed E-state index contributed by atoms with van der Waals surface area (Å²) >= 11 is 0. The number of azide groups is 1. The van der Waals surface area contributed by atoms with Crippen LogP contribution >= 0.6 is 0 Å². The molecule has 0 fully saturated rings. The minimum absolute atomic E-state index is 0.0714. The van der Waals surface area contributed by atoms with E-state index >= 15 is 0 Å². The molecule has 0 saturated heterocycles. The van der Waals surface area contributed by atoms with Crippen LogP contribution in [0.25, 0.3) is 16.1 Å². The van der Waals surface area contributed by atoms with E-state index in [4.69, 9.17) is 11.3 Å². The molecular formula is C10H12N8O2. The maximum absolute atomic E-state index is 12.3. The minimum Gasteiger partial charge on any atom is -0.383 e. The molecule has 2 aromatic heterocycles. The fourth-order valence-corrected chi connectivity index (χ4v) is 1.72. The Balaban J connectivity index is 2.82. The number of carbonyl (C=O) groups is 1. The van der Waals surface area contributed by atoms with Crippen molar-refractivity contribution in [1.29, 1.82) is 0 Å². The number of aromatic amines is 1. The number of nitrogens with two attached hydrogens (primary N) is 1. The largest absolute Gasteiger partial charge is 0.383 e. The van der Waals surface area contributed by atoms with Crippen LogP contribution in [0, 0.1) is 0 Å². The third-order valence-corrected chi connectivity index (χ3v) is 2.65. The van der Waals surface area contributed by atoms with Gasteiger partial charge in [-0.25, -0.2) is 0 Å². The minimum atomic E-state index is -0.930. The van der Waals surface area contributed by atoms with Gasteiger partial charge in [0.05, 0.1) is 0 Å². The van der Waals surface area contributed by atoms with Gasteiger partial charge in [-0.05, 0) is 10.6 Å². The van der Waals surface area contributed by atoms with E-state index in [1.807, 2.05) is 20.8 Å². The van der Waals surface area contributed by atoms with Crippen molar-refractivity contribution < 1.29 is 4.79 Å². The highest BCUT2D eigenvalue weighted by Crippen LogP contribution is 2.19. The van der Waals surface area contributed by atoms with Gasteiger partial charge in [0, 0.05) is 10.3 Å². The average molecular weight is 276 g/mol. The Bertz CT molecular complexity index is 803. The molecule has 0 spiro atoms. The molecule has 0 unspecified atom stereocenters. The second kappa shape index (κ2) is 4.35. The van der Waals surface area contributed by atoms with Crippen LogP contribution in [-0.4, -0.2) is 25.7 Å². The molecule has 10 nitrogen and oxygen atoms in total. The first-order valence-corrected chi connectivity index (χ1v) is 5.64. The molecule has 0 aromatic carbocycles. The molecule has 104 valence electrons. The summed E-state index contributed by atoms with van der Waals surface area (Å²) in [6.45, 7) is 5.43. The van der Waals surface area contributed by atoms with Gasteiger partial charge in [-0.2, -0.15) is 4.52 Å². The van der Waals surface area contributed by atoms with Gasteiger partial charge in [0.15, 0.2) is 5.65 Å². The maximum Gasteiger partial charge on any atom is 0.295 e. The predicted octanol–water partition coefficient (Wildman–Crippen LogP) is 0.748. The summed E-state index contributed by atoms with van der Waals surface area (Å²) in [6.07, 6.45) is 0. The summed E-state index contributed by atoms with van der Waals surface area (Å²) in [5.41, 5.74) is 12.9. The number of nitrogens with zero attached hydrogens (tertiary/aromatic N) is 6. The molecule has 2 rings (SSSR count). The first-order chi connectivity index (χ1) is 9.27. The lowest BCUT2D eigenvalue weighted by Gasteiger charge is -2.15. The average Bonchev–Trinajstić information content (AvgIpc) is 2.65. The summed E-state index contributed by atoms with van der Waals surface area (Å²) in [5, 5.41) is 13.1. The smallest absolute Gasteiger partial charge is 0.295 e. The number of hydrogen-bond donors (Lipinski definition) is 2. The molecule has 0 radical (unpaired) electrons. The molecular weight excluding hydrogens is 264 g/mol. The summed E-state index contributed by atoms with van der Waals surface area (Å²) in [6, 6.07) is 0. The molecule has 0 aliphatic heterocycles. The molecule has 0 aliphatic rings. The van der Waals surface area contributed by atoms with E-state index in [0.29, 0.717) is 0 Å². The van der Waals surface area contributed by atoms with Gasteiger partial charge in [-0.1, -0.05) is 20.8 Å². The molecule has 0 saturated carbocycles. The van der Waals surface area contributed by atoms with E-state index in [2.05, 4.69) is 25.3 Å². The van der Waals surface area contributed by atoms with E-state index in [1.54, 1.807) is 0 Å². The first-order valence-electron chi connectivity index (χ1n) is 5.64. The summed E-state index contributed by atoms with van der Waals surface area (Å²) in [5.74, 6) is -1.04. The van der Waals surface area contributed by atoms with Crippen molar-refractivity contribution in [1.82, 2.24) is 19.8 Å². The van der Waals surface area contributed by atoms with Gasteiger partial charge in [0.2, 0.25) is 0 Å². The van der Waals surface area contributed by atoms with Gasteiger partial charge in [0.25, 0.3) is 11.5 Å². The van der Waals surface area contributed by atoms with E-state index in [0.717, 1.165) is 4.52 Å². The monoisotopic (exact) mass is 276 g/mol. The lowest BCUT2D eigenvalue weighted by Crippen LogP contribution is -2.30. The van der Waals surface area contributed by atoms with Crippen LogP contribution in [0.1, 0.15) is 36.8 Å². The van der Waals surface area contributed by atoms with Crippen molar-refractivity contribution in [2.24, 2.45) is 5.11 Å². The normalized spacial score (nSPS) is 11.3. The molecule has 0 atom stereocenters. The van der Waals surface area contributed by atoms with Gasteiger partial charge in [-0.15, -0.1) is 10.2 Å². The van der Waals surface area contributed by atoms with Crippen LogP contribution in [0.4, 0.5) is 5.82 Å². The zero-order valence-corrected chi connectivity index (χ0v) is 11.1. The van der Waals surface area contributed by atoms with Crippen molar-refractivity contribution in [3.63, 3.8) is 0 Å². The molecule has 2 heterocycles. The number of aromatic nitrogens is 4. The topological polar surface area (TPSA) is 155 Å². The summed E-state index contributed by atoms with van der Waals surface area (Å²) in [7, 11) is 0. The second-order valence-corrected chi connectivity index (χ2v) is 5.16. The van der Waals surface area contributed by atoms with Gasteiger partial charge in [-0.3, -0.25) is 14.7 Å². The molecule has 2 aromatic rings. The zero-order valence-electron chi connectivity index (χ0n) is 11.1. The number of fused-ring (bicyclic) bond motifs is 1. The van der Waals surface area contributed by atoms with Gasteiger partial charge < -0.3 is 5.73 Å². The Labute approximate surface area is 112 Å². The lowest BCUT2D eigenvalue weighted by molar-refractivity contribution is 0.100. The second-order valence-electron chi connectivity index (χ2n) is 5.16. The number of H-pyrrole nitrogens is 1. The Morgan fingerprint density at radius 3 is 2.65 bits per heavy atom. The third kappa shape index (κ3) is 1.97. The number of amides is 1. The Morgan fingerprint density at radius 2 is 2.10 bits per heavy atom. The summed E-state index contributed by atoms with van der Waals surface area (Å²) in [4.78, 5) is 26.3.